The van der Waals surface area contributed by atoms with Crippen LogP contribution in [0.5, 0.6) is 0 Å². The topological polar surface area (TPSA) is 137 Å². The summed E-state index contributed by atoms with van der Waals surface area (Å²) < 4.78 is 17.1. The first-order valence-electron chi connectivity index (χ1n) is 23.8. The first-order valence-corrected chi connectivity index (χ1v) is 25.9. The van der Waals surface area contributed by atoms with Crippen LogP contribution in [0.15, 0.2) is 0 Å². The molecule has 2 unspecified atom stereocenters. The molecule has 59 heavy (non-hydrogen) atoms. The molecule has 0 bridgehead atoms. The summed E-state index contributed by atoms with van der Waals surface area (Å²) in [6.07, 6.45) is 26.2. The van der Waals surface area contributed by atoms with Crippen LogP contribution in [0.2, 0.25) is 0 Å². The van der Waals surface area contributed by atoms with Crippen LogP contribution >= 0.6 is 23.5 Å². The van der Waals surface area contributed by atoms with Gasteiger partial charge < -0.3 is 24.2 Å². The highest BCUT2D eigenvalue weighted by Gasteiger charge is 2.22. The fourth-order valence-electron chi connectivity index (χ4n) is 6.79. The molecule has 1 amide bonds. The van der Waals surface area contributed by atoms with E-state index < -0.39 is 17.9 Å². The summed E-state index contributed by atoms with van der Waals surface area (Å²) in [6.45, 7) is 9.38. The minimum atomic E-state index is -1.04. The van der Waals surface area contributed by atoms with Gasteiger partial charge in [-0.15, -0.1) is 23.5 Å². The molecule has 0 radical (unpaired) electrons. The van der Waals surface area contributed by atoms with Crippen LogP contribution in [0.3, 0.4) is 0 Å². The van der Waals surface area contributed by atoms with Gasteiger partial charge in [-0.1, -0.05) is 118 Å². The predicted octanol–water partition coefficient (Wildman–Crippen LogP) is 12.3. The molecule has 0 aromatic rings. The van der Waals surface area contributed by atoms with Gasteiger partial charge in [0.25, 0.3) is 0 Å². The Morgan fingerprint density at radius 3 is 1.54 bits per heavy atom. The average molecular weight is 874 g/mol. The minimum Gasteiger partial charge on any atom is -0.481 e. The Labute approximate surface area is 368 Å². The molecule has 0 aliphatic heterocycles. The molecule has 0 rings (SSSR count). The van der Waals surface area contributed by atoms with Crippen molar-refractivity contribution in [3.63, 3.8) is 0 Å². The van der Waals surface area contributed by atoms with Crippen LogP contribution in [-0.2, 0) is 38.2 Å². The molecule has 0 aromatic carbocycles. The molecule has 0 aromatic heterocycles. The van der Waals surface area contributed by atoms with Crippen LogP contribution in [0.25, 0.3) is 0 Å². The smallest absolute Gasteiger partial charge is 0.325 e. The molecular formula is C47H87NO9S2. The Balaban J connectivity index is 4.70. The lowest BCUT2D eigenvalue weighted by Crippen LogP contribution is -2.34. The zero-order valence-electron chi connectivity index (χ0n) is 38.3. The Bertz CT molecular complexity index is 1050. The molecule has 0 fully saturated rings. The van der Waals surface area contributed by atoms with Gasteiger partial charge in [0.05, 0.1) is 36.6 Å². The molecule has 12 heteroatoms. The lowest BCUT2D eigenvalue weighted by atomic mass is 9.94. The zero-order valence-corrected chi connectivity index (χ0v) is 39.9. The van der Waals surface area contributed by atoms with E-state index in [1.54, 1.807) is 7.05 Å². The molecule has 346 valence electrons. The van der Waals surface area contributed by atoms with Crippen molar-refractivity contribution < 1.29 is 43.3 Å². The number of hydrogen-bond acceptors (Lipinski definition) is 10. The number of likely N-dealkylation sites (N-methyl/N-ethyl adjacent to an activating group) is 1. The van der Waals surface area contributed by atoms with Crippen molar-refractivity contribution in [1.82, 2.24) is 4.90 Å². The van der Waals surface area contributed by atoms with Crippen molar-refractivity contribution in [2.45, 2.75) is 225 Å². The zero-order chi connectivity index (χ0) is 43.8. The van der Waals surface area contributed by atoms with Gasteiger partial charge in [0, 0.05) is 13.5 Å². The van der Waals surface area contributed by atoms with Crippen molar-refractivity contribution in [2.75, 3.05) is 38.3 Å². The average Bonchev–Trinajstić information content (AvgIpc) is 3.21. The maximum Gasteiger partial charge on any atom is 0.325 e. The maximum absolute atomic E-state index is 13.0. The van der Waals surface area contributed by atoms with E-state index >= 15 is 0 Å². The van der Waals surface area contributed by atoms with Crippen LogP contribution in [0.4, 0.5) is 0 Å². The van der Waals surface area contributed by atoms with Crippen molar-refractivity contribution in [1.29, 1.82) is 0 Å². The van der Waals surface area contributed by atoms with E-state index in [4.69, 9.17) is 19.3 Å². The number of unbranched alkanes of at least 4 members (excludes halogenated alkanes) is 16. The van der Waals surface area contributed by atoms with Crippen LogP contribution in [0.1, 0.15) is 214 Å². The summed E-state index contributed by atoms with van der Waals surface area (Å²) in [4.78, 5) is 63.4. The Kier molecular flexibility index (Phi) is 40.0. The van der Waals surface area contributed by atoms with E-state index in [9.17, 15) is 24.0 Å². The van der Waals surface area contributed by atoms with Crippen molar-refractivity contribution in [3.05, 3.63) is 0 Å². The second-order valence-electron chi connectivity index (χ2n) is 16.2. The van der Waals surface area contributed by atoms with Crippen molar-refractivity contribution >= 4 is 53.3 Å². The lowest BCUT2D eigenvalue weighted by Gasteiger charge is -2.21. The van der Waals surface area contributed by atoms with Gasteiger partial charge >= 0.3 is 23.9 Å². The fourth-order valence-corrected chi connectivity index (χ4v) is 9.54. The first-order chi connectivity index (χ1) is 28.6. The second kappa shape index (κ2) is 41.4. The van der Waals surface area contributed by atoms with E-state index in [1.165, 1.54) is 75.5 Å². The van der Waals surface area contributed by atoms with Crippen LogP contribution in [-0.4, -0.2) is 88.8 Å². The monoisotopic (exact) mass is 874 g/mol. The molecule has 1 N–H and O–H groups in total. The molecule has 2 atom stereocenters. The first kappa shape index (κ1) is 57.1. The summed E-state index contributed by atoms with van der Waals surface area (Å²) in [5.41, 5.74) is 0. The van der Waals surface area contributed by atoms with Gasteiger partial charge in [-0.25, -0.2) is 0 Å². The van der Waals surface area contributed by atoms with E-state index in [-0.39, 0.29) is 54.5 Å². The molecular weight excluding hydrogens is 787 g/mol. The molecule has 0 saturated heterocycles. The van der Waals surface area contributed by atoms with Gasteiger partial charge in [0.1, 0.15) is 12.6 Å². The van der Waals surface area contributed by atoms with E-state index in [0.717, 1.165) is 88.6 Å². The molecule has 0 aliphatic carbocycles. The molecule has 10 nitrogen and oxygen atoms in total. The molecule has 0 saturated carbocycles. The van der Waals surface area contributed by atoms with Crippen molar-refractivity contribution in [3.8, 4) is 0 Å². The minimum absolute atomic E-state index is 0.0160. The van der Waals surface area contributed by atoms with E-state index in [2.05, 4.69) is 27.7 Å². The van der Waals surface area contributed by atoms with Gasteiger partial charge in [0.2, 0.25) is 5.91 Å². The maximum atomic E-state index is 13.0. The molecule has 0 aliphatic rings. The van der Waals surface area contributed by atoms with Gasteiger partial charge in [-0.3, -0.25) is 24.0 Å². The Hall–Kier alpha value is -1.95. The number of nitrogens with zero attached hydrogens (tertiary/aromatic N) is 1. The van der Waals surface area contributed by atoms with Crippen molar-refractivity contribution in [2.24, 2.45) is 5.92 Å². The number of carbonyl (C=O) groups is 5. The number of amides is 1. The van der Waals surface area contributed by atoms with E-state index in [0.29, 0.717) is 32.3 Å². The number of hydrogen-bond donors (Lipinski definition) is 1. The number of carbonyl (C=O) groups excluding carboxylic acids is 4. The summed E-state index contributed by atoms with van der Waals surface area (Å²) in [7, 11) is 1.67. The number of carboxylic acid groups (broad SMARTS) is 1. The third kappa shape index (κ3) is 36.4. The summed E-state index contributed by atoms with van der Waals surface area (Å²) >= 11 is 3.72. The van der Waals surface area contributed by atoms with Crippen LogP contribution < -0.4 is 0 Å². The summed E-state index contributed by atoms with van der Waals surface area (Å²) in [6, 6.07) is 0. The molecule has 0 spiro atoms. The predicted molar refractivity (Wildman–Crippen MR) is 246 cm³/mol. The third-order valence-corrected chi connectivity index (χ3v) is 13.5. The van der Waals surface area contributed by atoms with Gasteiger partial charge in [-0.05, 0) is 88.6 Å². The Morgan fingerprint density at radius 1 is 0.542 bits per heavy atom. The largest absolute Gasteiger partial charge is 0.481 e. The normalized spacial score (nSPS) is 12.3. The van der Waals surface area contributed by atoms with Crippen LogP contribution in [0, 0.1) is 5.92 Å². The number of aliphatic carboxylic acids is 1. The highest BCUT2D eigenvalue weighted by molar-refractivity contribution is 8.17. The molecule has 0 heterocycles. The quantitative estimate of drug-likeness (QED) is 0.0271. The number of carboxylic acids is 1. The third-order valence-electron chi connectivity index (χ3n) is 10.6. The van der Waals surface area contributed by atoms with E-state index in [1.807, 2.05) is 23.5 Å². The standard InChI is InChI=1S/C47H87NO9S2/c1-6-10-14-16-17-21-29-40(28-20-15-11-7-2)47(54)56-35-25-19-23-31-41(57-44(52)33-32-43(50)51)30-22-18-24-34-55-45(53)39-48(5)42(49)38-46(58-36-26-12-8-3)59-37-27-13-9-4/h40-41,46H,6-39H2,1-5H3,(H,50,51). The number of esters is 3. The highest BCUT2D eigenvalue weighted by atomic mass is 32.2. The second-order valence-corrected chi connectivity index (χ2v) is 19.2. The number of ether oxygens (including phenoxy) is 3. The van der Waals surface area contributed by atoms with Gasteiger partial charge in [-0.2, -0.15) is 0 Å². The SMILES string of the molecule is CCCCCCCCC(CCCCCC)C(=O)OCCCCCC(CCCCCOC(=O)CN(C)C(=O)CC(SCCCCC)SCCCCC)OC(=O)CCC(=O)O. The summed E-state index contributed by atoms with van der Waals surface area (Å²) in [5.74, 6) is 0.0153. The number of rotatable bonds is 43. The highest BCUT2D eigenvalue weighted by Crippen LogP contribution is 2.29. The fraction of sp³-hybridized carbons (Fsp3) is 0.894. The summed E-state index contributed by atoms with van der Waals surface area (Å²) in [5, 5.41) is 9.00. The van der Waals surface area contributed by atoms with Gasteiger partial charge in [0.15, 0.2) is 0 Å². The lowest BCUT2D eigenvalue weighted by molar-refractivity contribution is -0.153. The number of thioether (sulfide) groups is 2. The Morgan fingerprint density at radius 2 is 1.00 bits per heavy atom.